The molecule has 1 atom stereocenters. The Morgan fingerprint density at radius 1 is 1.33 bits per heavy atom. The minimum absolute atomic E-state index is 0.208. The van der Waals surface area contributed by atoms with Gasteiger partial charge in [0.25, 0.3) is 0 Å². The first-order valence-electron chi connectivity index (χ1n) is 8.46. The topological polar surface area (TPSA) is 82.4 Å². The Morgan fingerprint density at radius 2 is 2.07 bits per heavy atom. The van der Waals surface area contributed by atoms with Crippen LogP contribution in [0.3, 0.4) is 0 Å². The SMILES string of the molecule is CC(=O)NC[C@H]1CN(c2ccc(-c3ccc(CC#N)cc3)c(F)c2)C(=O)O1. The van der Waals surface area contributed by atoms with Gasteiger partial charge in [0.05, 0.1) is 31.3 Å². The van der Waals surface area contributed by atoms with E-state index in [9.17, 15) is 14.0 Å². The third-order valence-electron chi connectivity index (χ3n) is 4.27. The highest BCUT2D eigenvalue weighted by Gasteiger charge is 2.32. The summed E-state index contributed by atoms with van der Waals surface area (Å²) in [6.07, 6.45) is -0.742. The predicted octanol–water partition coefficient (Wildman–Crippen LogP) is 3.02. The molecule has 1 saturated heterocycles. The lowest BCUT2D eigenvalue weighted by molar-refractivity contribution is -0.119. The van der Waals surface area contributed by atoms with E-state index >= 15 is 0 Å². The van der Waals surface area contributed by atoms with Crippen molar-refractivity contribution in [1.82, 2.24) is 5.32 Å². The molecule has 0 saturated carbocycles. The van der Waals surface area contributed by atoms with Gasteiger partial charge in [-0.25, -0.2) is 9.18 Å². The minimum Gasteiger partial charge on any atom is -0.442 e. The third kappa shape index (κ3) is 4.23. The number of hydrogen-bond acceptors (Lipinski definition) is 4. The molecule has 2 aromatic rings. The number of amides is 2. The molecule has 138 valence electrons. The van der Waals surface area contributed by atoms with E-state index in [4.69, 9.17) is 10.00 Å². The molecule has 0 spiro atoms. The number of rotatable bonds is 5. The van der Waals surface area contributed by atoms with Crippen LogP contribution in [0.15, 0.2) is 42.5 Å². The normalized spacial score (nSPS) is 16.0. The summed E-state index contributed by atoms with van der Waals surface area (Å²) in [7, 11) is 0. The number of nitriles is 1. The van der Waals surface area contributed by atoms with Gasteiger partial charge in [0.1, 0.15) is 11.9 Å². The van der Waals surface area contributed by atoms with E-state index in [2.05, 4.69) is 11.4 Å². The smallest absolute Gasteiger partial charge is 0.414 e. The molecule has 1 aliphatic heterocycles. The van der Waals surface area contributed by atoms with E-state index in [1.807, 2.05) is 0 Å². The molecule has 0 radical (unpaired) electrons. The van der Waals surface area contributed by atoms with Crippen LogP contribution in [0, 0.1) is 17.1 Å². The first-order valence-corrected chi connectivity index (χ1v) is 8.46. The van der Waals surface area contributed by atoms with E-state index in [1.54, 1.807) is 36.4 Å². The van der Waals surface area contributed by atoms with Crippen molar-refractivity contribution < 1.29 is 18.7 Å². The Balaban J connectivity index is 1.75. The van der Waals surface area contributed by atoms with Crippen molar-refractivity contribution in [2.45, 2.75) is 19.4 Å². The van der Waals surface area contributed by atoms with Gasteiger partial charge in [-0.15, -0.1) is 0 Å². The quantitative estimate of drug-likeness (QED) is 0.881. The average molecular weight is 367 g/mol. The zero-order chi connectivity index (χ0) is 19.4. The first-order chi connectivity index (χ1) is 13.0. The van der Waals surface area contributed by atoms with Crippen LogP contribution in [0.25, 0.3) is 11.1 Å². The molecule has 27 heavy (non-hydrogen) atoms. The molecule has 0 aliphatic carbocycles. The van der Waals surface area contributed by atoms with Crippen LogP contribution in [0.1, 0.15) is 12.5 Å². The van der Waals surface area contributed by atoms with Gasteiger partial charge in [0.15, 0.2) is 0 Å². The highest BCUT2D eigenvalue weighted by Crippen LogP contribution is 2.29. The minimum atomic E-state index is -0.571. The van der Waals surface area contributed by atoms with Gasteiger partial charge in [0, 0.05) is 12.5 Å². The maximum absolute atomic E-state index is 14.6. The van der Waals surface area contributed by atoms with E-state index in [1.165, 1.54) is 17.9 Å². The fourth-order valence-corrected chi connectivity index (χ4v) is 2.90. The lowest BCUT2D eigenvalue weighted by Crippen LogP contribution is -2.33. The van der Waals surface area contributed by atoms with Gasteiger partial charge in [0.2, 0.25) is 5.91 Å². The Labute approximate surface area is 156 Å². The van der Waals surface area contributed by atoms with Gasteiger partial charge >= 0.3 is 6.09 Å². The van der Waals surface area contributed by atoms with E-state index in [-0.39, 0.29) is 19.0 Å². The van der Waals surface area contributed by atoms with Crippen LogP contribution in [-0.4, -0.2) is 31.2 Å². The number of nitrogens with one attached hydrogen (secondary N) is 1. The van der Waals surface area contributed by atoms with Crippen molar-refractivity contribution in [3.63, 3.8) is 0 Å². The van der Waals surface area contributed by atoms with Gasteiger partial charge in [-0.1, -0.05) is 24.3 Å². The number of nitrogens with zero attached hydrogens (tertiary/aromatic N) is 2. The van der Waals surface area contributed by atoms with Crippen molar-refractivity contribution in [3.05, 3.63) is 53.8 Å². The van der Waals surface area contributed by atoms with Crippen LogP contribution in [0.5, 0.6) is 0 Å². The summed E-state index contributed by atoms with van der Waals surface area (Å²) in [6, 6.07) is 13.7. The average Bonchev–Trinajstić information content (AvgIpc) is 3.02. The van der Waals surface area contributed by atoms with Crippen molar-refractivity contribution in [2.75, 3.05) is 18.0 Å². The number of carbonyl (C=O) groups excluding carboxylic acids is 2. The molecule has 0 unspecified atom stereocenters. The number of anilines is 1. The molecule has 6 nitrogen and oxygen atoms in total. The van der Waals surface area contributed by atoms with Crippen molar-refractivity contribution in [2.24, 2.45) is 0 Å². The molecule has 2 amide bonds. The van der Waals surface area contributed by atoms with Gasteiger partial charge in [-0.3, -0.25) is 9.69 Å². The number of carbonyl (C=O) groups is 2. The molecule has 3 rings (SSSR count). The van der Waals surface area contributed by atoms with Crippen LogP contribution < -0.4 is 10.2 Å². The molecule has 0 bridgehead atoms. The van der Waals surface area contributed by atoms with E-state index in [0.29, 0.717) is 23.2 Å². The molecule has 1 aliphatic rings. The lowest BCUT2D eigenvalue weighted by Gasteiger charge is -2.14. The predicted molar refractivity (Wildman–Crippen MR) is 97.5 cm³/mol. The Bertz CT molecular complexity index is 906. The highest BCUT2D eigenvalue weighted by atomic mass is 19.1. The highest BCUT2D eigenvalue weighted by molar-refractivity contribution is 5.90. The number of benzene rings is 2. The summed E-state index contributed by atoms with van der Waals surface area (Å²) in [5.41, 5.74) is 2.36. The largest absolute Gasteiger partial charge is 0.442 e. The van der Waals surface area contributed by atoms with Crippen molar-refractivity contribution in [3.8, 4) is 17.2 Å². The Kier molecular flexibility index (Phi) is 5.36. The summed E-state index contributed by atoms with van der Waals surface area (Å²) < 4.78 is 19.8. The standard InChI is InChI=1S/C20H18FN3O3/c1-13(25)23-11-17-12-24(20(26)27-17)16-6-7-18(19(21)10-16)15-4-2-14(3-5-15)8-9-22/h2-7,10,17H,8,11-12H2,1H3,(H,23,25)/t17-/m0/s1. The zero-order valence-corrected chi connectivity index (χ0v) is 14.7. The number of ether oxygens (including phenoxy) is 1. The fourth-order valence-electron chi connectivity index (χ4n) is 2.90. The molecule has 0 aromatic heterocycles. The lowest BCUT2D eigenvalue weighted by atomic mass is 10.0. The first kappa shape index (κ1) is 18.4. The molecule has 1 fully saturated rings. The number of hydrogen-bond donors (Lipinski definition) is 1. The molecule has 7 heteroatoms. The summed E-state index contributed by atoms with van der Waals surface area (Å²) in [5, 5.41) is 11.3. The summed E-state index contributed by atoms with van der Waals surface area (Å²) in [4.78, 5) is 24.4. The van der Waals surface area contributed by atoms with Crippen molar-refractivity contribution >= 4 is 17.7 Å². The van der Waals surface area contributed by atoms with E-state index < -0.39 is 18.0 Å². The third-order valence-corrected chi connectivity index (χ3v) is 4.27. The van der Waals surface area contributed by atoms with Gasteiger partial charge < -0.3 is 10.1 Å². The summed E-state index contributed by atoms with van der Waals surface area (Å²) in [6.45, 7) is 1.84. The van der Waals surface area contributed by atoms with Crippen LogP contribution in [0.4, 0.5) is 14.9 Å². The molecule has 1 heterocycles. The second-order valence-corrected chi connectivity index (χ2v) is 6.25. The molecular formula is C20H18FN3O3. The van der Waals surface area contributed by atoms with Gasteiger partial charge in [-0.05, 0) is 29.3 Å². The van der Waals surface area contributed by atoms with Gasteiger partial charge in [-0.2, -0.15) is 5.26 Å². The second-order valence-electron chi connectivity index (χ2n) is 6.25. The molecule has 1 N–H and O–H groups in total. The van der Waals surface area contributed by atoms with Crippen LogP contribution in [-0.2, 0) is 16.0 Å². The van der Waals surface area contributed by atoms with Crippen LogP contribution >= 0.6 is 0 Å². The summed E-state index contributed by atoms with van der Waals surface area (Å²) in [5.74, 6) is -0.667. The number of halogens is 1. The maximum Gasteiger partial charge on any atom is 0.414 e. The molecule has 2 aromatic carbocycles. The zero-order valence-electron chi connectivity index (χ0n) is 14.7. The monoisotopic (exact) mass is 367 g/mol. The Morgan fingerprint density at radius 3 is 2.70 bits per heavy atom. The van der Waals surface area contributed by atoms with Crippen molar-refractivity contribution in [1.29, 1.82) is 5.26 Å². The molecular weight excluding hydrogens is 349 g/mol. The number of cyclic esters (lactones) is 1. The summed E-state index contributed by atoms with van der Waals surface area (Å²) >= 11 is 0. The second kappa shape index (κ2) is 7.87. The Hall–Kier alpha value is -3.40. The fraction of sp³-hybridized carbons (Fsp3) is 0.250. The van der Waals surface area contributed by atoms with Crippen LogP contribution in [0.2, 0.25) is 0 Å². The van der Waals surface area contributed by atoms with E-state index in [0.717, 1.165) is 5.56 Å². The maximum atomic E-state index is 14.6.